The molecule has 1 aliphatic rings. The zero-order valence-electron chi connectivity index (χ0n) is 11.5. The molecule has 1 aliphatic carbocycles. The summed E-state index contributed by atoms with van der Waals surface area (Å²) in [5, 5.41) is 17.0. The average Bonchev–Trinajstić information content (AvgIpc) is 3.29. The summed E-state index contributed by atoms with van der Waals surface area (Å²) in [6.07, 6.45) is 2.37. The highest BCUT2D eigenvalue weighted by Gasteiger charge is 2.52. The summed E-state index contributed by atoms with van der Waals surface area (Å²) in [5.74, 6) is -0.799. The lowest BCUT2D eigenvalue weighted by atomic mass is 9.84. The van der Waals surface area contributed by atoms with E-state index < -0.39 is 11.5 Å². The van der Waals surface area contributed by atoms with Crippen molar-refractivity contribution in [3.05, 3.63) is 45.3 Å². The topological polar surface area (TPSA) is 98.1 Å². The van der Waals surface area contributed by atoms with Crippen LogP contribution in [-0.2, 0) is 10.3 Å². The van der Waals surface area contributed by atoms with Crippen LogP contribution in [0.3, 0.4) is 0 Å². The molecule has 0 amide bonds. The number of benzene rings is 1. The normalized spacial score (nSPS) is 16.8. The Balaban J connectivity index is 2.19. The summed E-state index contributed by atoms with van der Waals surface area (Å²) >= 11 is 5.88. The molecule has 1 aromatic rings. The van der Waals surface area contributed by atoms with Gasteiger partial charge in [0.2, 0.25) is 0 Å². The van der Waals surface area contributed by atoms with Crippen LogP contribution in [0.1, 0.15) is 24.8 Å². The second-order valence-electron chi connectivity index (χ2n) is 5.13. The highest BCUT2D eigenvalue weighted by atomic mass is 35.5. The van der Waals surface area contributed by atoms with E-state index >= 15 is 0 Å². The second-order valence-corrected chi connectivity index (χ2v) is 5.57. The lowest BCUT2D eigenvalue weighted by Crippen LogP contribution is -2.51. The van der Waals surface area contributed by atoms with E-state index in [1.165, 1.54) is 0 Å². The minimum absolute atomic E-state index is 0.0793. The first-order valence-corrected chi connectivity index (χ1v) is 7.24. The lowest BCUT2D eigenvalue weighted by molar-refractivity contribution is -0.146. The Hall–Kier alpha value is -1.75. The summed E-state index contributed by atoms with van der Waals surface area (Å²) in [5.41, 5.74) is 7.88. The number of carboxylic acids is 1. The SMILES string of the molecule is [N-]=[N+]=NCCCNC(C(=O)O)(c1ccc(Cl)cc1)C1CC1. The van der Waals surface area contributed by atoms with Crippen molar-refractivity contribution in [1.82, 2.24) is 5.32 Å². The molecule has 2 N–H and O–H groups in total. The molecule has 0 aliphatic heterocycles. The van der Waals surface area contributed by atoms with E-state index in [1.807, 2.05) is 0 Å². The molecule has 7 heteroatoms. The molecular formula is C14H17ClN4O2. The minimum Gasteiger partial charge on any atom is -0.480 e. The number of hydrogen-bond acceptors (Lipinski definition) is 3. The van der Waals surface area contributed by atoms with Crippen LogP contribution in [0.5, 0.6) is 0 Å². The zero-order chi connectivity index (χ0) is 15.3. The number of aliphatic carboxylic acids is 1. The number of azide groups is 1. The van der Waals surface area contributed by atoms with Crippen LogP contribution < -0.4 is 5.32 Å². The van der Waals surface area contributed by atoms with Crippen molar-refractivity contribution < 1.29 is 9.90 Å². The van der Waals surface area contributed by atoms with Gasteiger partial charge in [-0.05, 0) is 55.0 Å². The Morgan fingerprint density at radius 1 is 1.48 bits per heavy atom. The fourth-order valence-corrected chi connectivity index (χ4v) is 2.69. The molecule has 21 heavy (non-hydrogen) atoms. The van der Waals surface area contributed by atoms with Gasteiger partial charge in [0.1, 0.15) is 5.54 Å². The predicted octanol–water partition coefficient (Wildman–Crippen LogP) is 3.32. The smallest absolute Gasteiger partial charge is 0.328 e. The summed E-state index contributed by atoms with van der Waals surface area (Å²) in [4.78, 5) is 14.6. The Labute approximate surface area is 127 Å². The van der Waals surface area contributed by atoms with Gasteiger partial charge in [-0.2, -0.15) is 0 Å². The summed E-state index contributed by atoms with van der Waals surface area (Å²) < 4.78 is 0. The maximum atomic E-state index is 11.9. The maximum Gasteiger partial charge on any atom is 0.328 e. The molecule has 112 valence electrons. The maximum absolute atomic E-state index is 11.9. The van der Waals surface area contributed by atoms with Crippen LogP contribution in [0.25, 0.3) is 10.4 Å². The van der Waals surface area contributed by atoms with Crippen LogP contribution in [0, 0.1) is 5.92 Å². The molecule has 1 aromatic carbocycles. The molecule has 0 spiro atoms. The molecule has 1 atom stereocenters. The second kappa shape index (κ2) is 6.80. The molecule has 1 fully saturated rings. The molecule has 1 unspecified atom stereocenters. The quantitative estimate of drug-likeness (QED) is 0.333. The number of nitrogens with one attached hydrogen (secondary N) is 1. The van der Waals surface area contributed by atoms with Crippen molar-refractivity contribution >= 4 is 17.6 Å². The van der Waals surface area contributed by atoms with Gasteiger partial charge in [-0.15, -0.1) is 0 Å². The monoisotopic (exact) mass is 308 g/mol. The number of hydrogen-bond donors (Lipinski definition) is 2. The minimum atomic E-state index is -1.08. The first-order chi connectivity index (χ1) is 10.1. The van der Waals surface area contributed by atoms with Crippen molar-refractivity contribution in [1.29, 1.82) is 0 Å². The molecule has 0 saturated heterocycles. The summed E-state index contributed by atoms with van der Waals surface area (Å²) in [7, 11) is 0. The van der Waals surface area contributed by atoms with E-state index in [0.717, 1.165) is 12.8 Å². The highest BCUT2D eigenvalue weighted by molar-refractivity contribution is 6.30. The summed E-state index contributed by atoms with van der Waals surface area (Å²) in [6.45, 7) is 0.828. The molecule has 0 heterocycles. The van der Waals surface area contributed by atoms with Gasteiger partial charge in [-0.25, -0.2) is 4.79 Å². The van der Waals surface area contributed by atoms with Crippen molar-refractivity contribution in [2.24, 2.45) is 11.0 Å². The van der Waals surface area contributed by atoms with Crippen LogP contribution >= 0.6 is 11.6 Å². The molecule has 6 nitrogen and oxygen atoms in total. The van der Waals surface area contributed by atoms with Crippen LogP contribution in [0.2, 0.25) is 5.02 Å². The van der Waals surface area contributed by atoms with Crippen molar-refractivity contribution in [2.75, 3.05) is 13.1 Å². The number of nitrogens with zero attached hydrogens (tertiary/aromatic N) is 3. The van der Waals surface area contributed by atoms with Crippen molar-refractivity contribution in [3.8, 4) is 0 Å². The van der Waals surface area contributed by atoms with E-state index in [0.29, 0.717) is 30.1 Å². The number of halogens is 1. The highest BCUT2D eigenvalue weighted by Crippen LogP contribution is 2.46. The number of rotatable bonds is 8. The third-order valence-corrected chi connectivity index (χ3v) is 3.98. The lowest BCUT2D eigenvalue weighted by Gasteiger charge is -2.31. The van der Waals surface area contributed by atoms with Crippen LogP contribution in [0.4, 0.5) is 0 Å². The largest absolute Gasteiger partial charge is 0.480 e. The molecule has 1 saturated carbocycles. The van der Waals surface area contributed by atoms with E-state index in [-0.39, 0.29) is 5.92 Å². The summed E-state index contributed by atoms with van der Waals surface area (Å²) in [6, 6.07) is 6.93. The molecule has 0 aromatic heterocycles. The number of carbonyl (C=O) groups is 1. The zero-order valence-corrected chi connectivity index (χ0v) is 12.3. The van der Waals surface area contributed by atoms with Gasteiger partial charge >= 0.3 is 5.97 Å². The number of carboxylic acid groups (broad SMARTS) is 1. The molecule has 0 radical (unpaired) electrons. The standard InChI is InChI=1S/C14H17ClN4O2/c15-12-6-4-11(5-7-12)14(13(20)21,10-2-3-10)17-8-1-9-18-19-16/h4-7,10,17H,1-3,8-9H2,(H,20,21). The Kier molecular flexibility index (Phi) is 5.07. The van der Waals surface area contributed by atoms with E-state index in [1.54, 1.807) is 24.3 Å². The molecular weight excluding hydrogens is 292 g/mol. The first-order valence-electron chi connectivity index (χ1n) is 6.86. The van der Waals surface area contributed by atoms with Gasteiger partial charge in [0.05, 0.1) is 0 Å². The van der Waals surface area contributed by atoms with Gasteiger partial charge < -0.3 is 5.11 Å². The van der Waals surface area contributed by atoms with Gasteiger partial charge in [-0.1, -0.05) is 28.8 Å². The Bertz CT molecular complexity index is 553. The Morgan fingerprint density at radius 3 is 2.67 bits per heavy atom. The van der Waals surface area contributed by atoms with Crippen molar-refractivity contribution in [2.45, 2.75) is 24.8 Å². The fraction of sp³-hybridized carbons (Fsp3) is 0.500. The third kappa shape index (κ3) is 3.47. The Morgan fingerprint density at radius 2 is 2.14 bits per heavy atom. The molecule has 2 rings (SSSR count). The van der Waals surface area contributed by atoms with Gasteiger partial charge in [-0.3, -0.25) is 5.32 Å². The van der Waals surface area contributed by atoms with E-state index in [4.69, 9.17) is 17.1 Å². The van der Waals surface area contributed by atoms with Gasteiger partial charge in [0.15, 0.2) is 0 Å². The predicted molar refractivity (Wildman–Crippen MR) is 80.1 cm³/mol. The van der Waals surface area contributed by atoms with Crippen LogP contribution in [0.15, 0.2) is 29.4 Å². The van der Waals surface area contributed by atoms with E-state index in [9.17, 15) is 9.90 Å². The third-order valence-electron chi connectivity index (χ3n) is 3.73. The fourth-order valence-electron chi connectivity index (χ4n) is 2.56. The van der Waals surface area contributed by atoms with Crippen molar-refractivity contribution in [3.63, 3.8) is 0 Å². The van der Waals surface area contributed by atoms with Crippen LogP contribution in [-0.4, -0.2) is 24.2 Å². The van der Waals surface area contributed by atoms with Gasteiger partial charge in [0.25, 0.3) is 0 Å². The average molecular weight is 309 g/mol. The van der Waals surface area contributed by atoms with E-state index in [2.05, 4.69) is 15.3 Å². The molecule has 0 bridgehead atoms. The van der Waals surface area contributed by atoms with Gasteiger partial charge in [0, 0.05) is 16.5 Å². The first kappa shape index (κ1) is 15.6.